The van der Waals surface area contributed by atoms with Crippen LogP contribution in [0.15, 0.2) is 42.5 Å². The lowest BCUT2D eigenvalue weighted by atomic mass is 9.98. The zero-order valence-electron chi connectivity index (χ0n) is 11.1. The highest BCUT2D eigenvalue weighted by molar-refractivity contribution is 6.31. The molecule has 2 aromatic rings. The minimum Gasteiger partial charge on any atom is -0.313 e. The van der Waals surface area contributed by atoms with E-state index >= 15 is 0 Å². The van der Waals surface area contributed by atoms with E-state index in [0.717, 1.165) is 27.6 Å². The summed E-state index contributed by atoms with van der Waals surface area (Å²) >= 11 is 12.6. The first-order chi connectivity index (χ1) is 9.11. The molecule has 19 heavy (non-hydrogen) atoms. The number of rotatable bonds is 4. The van der Waals surface area contributed by atoms with Crippen LogP contribution in [0.1, 0.15) is 22.7 Å². The smallest absolute Gasteiger partial charge is 0.0453 e. The van der Waals surface area contributed by atoms with Crippen molar-refractivity contribution in [2.24, 2.45) is 0 Å². The topological polar surface area (TPSA) is 12.0 Å². The molecule has 0 spiro atoms. The molecule has 1 N–H and O–H groups in total. The average Bonchev–Trinajstić information content (AvgIpc) is 2.39. The van der Waals surface area contributed by atoms with Gasteiger partial charge in [-0.05, 0) is 49.2 Å². The lowest BCUT2D eigenvalue weighted by molar-refractivity contribution is 0.592. The first kappa shape index (κ1) is 14.4. The Labute approximate surface area is 124 Å². The molecule has 0 saturated heterocycles. The normalized spacial score (nSPS) is 12.4. The summed E-state index contributed by atoms with van der Waals surface area (Å²) in [6.45, 7) is 2.04. The number of aryl methyl sites for hydroxylation is 1. The molecule has 0 aromatic heterocycles. The lowest BCUT2D eigenvalue weighted by Crippen LogP contribution is -2.19. The number of halogens is 2. The molecule has 1 atom stereocenters. The molecule has 0 aliphatic heterocycles. The third kappa shape index (κ3) is 3.50. The summed E-state index contributed by atoms with van der Waals surface area (Å²) in [7, 11) is 1.94. The van der Waals surface area contributed by atoms with E-state index in [9.17, 15) is 0 Å². The van der Waals surface area contributed by atoms with E-state index in [1.807, 2.05) is 44.3 Å². The molecule has 2 rings (SSSR count). The van der Waals surface area contributed by atoms with E-state index in [1.165, 1.54) is 5.56 Å². The molecule has 0 aliphatic carbocycles. The zero-order chi connectivity index (χ0) is 13.8. The van der Waals surface area contributed by atoms with Crippen LogP contribution < -0.4 is 5.32 Å². The zero-order valence-corrected chi connectivity index (χ0v) is 12.6. The molecule has 2 aromatic carbocycles. The number of likely N-dealkylation sites (N-methyl/N-ethyl adjacent to an activating group) is 1. The molecule has 0 aliphatic rings. The van der Waals surface area contributed by atoms with Crippen LogP contribution in [0.3, 0.4) is 0 Å². The molecule has 0 heterocycles. The molecule has 0 saturated carbocycles. The van der Waals surface area contributed by atoms with Gasteiger partial charge in [0.05, 0.1) is 0 Å². The van der Waals surface area contributed by atoms with Crippen molar-refractivity contribution in [2.45, 2.75) is 19.4 Å². The Morgan fingerprint density at radius 3 is 2.42 bits per heavy atom. The highest BCUT2D eigenvalue weighted by atomic mass is 35.5. The number of hydrogen-bond donors (Lipinski definition) is 1. The number of nitrogens with one attached hydrogen (secondary N) is 1. The van der Waals surface area contributed by atoms with Gasteiger partial charge in [0.25, 0.3) is 0 Å². The molecule has 1 nitrogen and oxygen atoms in total. The van der Waals surface area contributed by atoms with Gasteiger partial charge in [-0.3, -0.25) is 0 Å². The van der Waals surface area contributed by atoms with Crippen LogP contribution in [0, 0.1) is 6.92 Å². The van der Waals surface area contributed by atoms with Crippen molar-refractivity contribution >= 4 is 23.2 Å². The van der Waals surface area contributed by atoms with Crippen LogP contribution in [0.25, 0.3) is 0 Å². The van der Waals surface area contributed by atoms with E-state index in [2.05, 4.69) is 17.4 Å². The molecule has 0 amide bonds. The average molecular weight is 294 g/mol. The summed E-state index contributed by atoms with van der Waals surface area (Å²) in [6, 6.07) is 14.2. The Kier molecular flexibility index (Phi) is 4.87. The Bertz CT molecular complexity index is 566. The summed E-state index contributed by atoms with van der Waals surface area (Å²) in [6.07, 6.45) is 0.819. The van der Waals surface area contributed by atoms with Gasteiger partial charge in [-0.1, -0.05) is 53.5 Å². The lowest BCUT2D eigenvalue weighted by Gasteiger charge is -2.19. The highest BCUT2D eigenvalue weighted by Gasteiger charge is 2.14. The molecular formula is C16H17Cl2N. The molecule has 1 unspecified atom stereocenters. The predicted molar refractivity (Wildman–Crippen MR) is 83.1 cm³/mol. The maximum Gasteiger partial charge on any atom is 0.0453 e. The van der Waals surface area contributed by atoms with Crippen LogP contribution in [0.4, 0.5) is 0 Å². The predicted octanol–water partition coefficient (Wildman–Crippen LogP) is 4.81. The Hall–Kier alpha value is -1.02. The van der Waals surface area contributed by atoms with Gasteiger partial charge in [0.1, 0.15) is 0 Å². The van der Waals surface area contributed by atoms with Gasteiger partial charge in [-0.25, -0.2) is 0 Å². The van der Waals surface area contributed by atoms with Crippen molar-refractivity contribution in [1.29, 1.82) is 0 Å². The first-order valence-corrected chi connectivity index (χ1v) is 7.04. The quantitative estimate of drug-likeness (QED) is 0.853. The summed E-state index contributed by atoms with van der Waals surface area (Å²) in [5.74, 6) is 0. The Morgan fingerprint density at radius 2 is 1.79 bits per heavy atom. The molecular weight excluding hydrogens is 277 g/mol. The van der Waals surface area contributed by atoms with Crippen LogP contribution in [0.2, 0.25) is 10.0 Å². The van der Waals surface area contributed by atoms with Crippen molar-refractivity contribution in [3.63, 3.8) is 0 Å². The Balaban J connectivity index is 2.27. The Morgan fingerprint density at radius 1 is 1.05 bits per heavy atom. The first-order valence-electron chi connectivity index (χ1n) is 6.28. The van der Waals surface area contributed by atoms with Gasteiger partial charge in [0.15, 0.2) is 0 Å². The minimum absolute atomic E-state index is 0.161. The second-order valence-corrected chi connectivity index (χ2v) is 5.48. The standard InChI is InChI=1S/C16H17Cl2N/c1-11-7-8-12(15(18)9-11)10-16(19-2)13-5-3-4-6-14(13)17/h3-9,16,19H,10H2,1-2H3. The van der Waals surface area contributed by atoms with Gasteiger partial charge in [-0.2, -0.15) is 0 Å². The van der Waals surface area contributed by atoms with Crippen LogP contribution in [0.5, 0.6) is 0 Å². The SMILES string of the molecule is CNC(Cc1ccc(C)cc1Cl)c1ccccc1Cl. The minimum atomic E-state index is 0.161. The maximum absolute atomic E-state index is 6.30. The second-order valence-electron chi connectivity index (χ2n) is 4.66. The van der Waals surface area contributed by atoms with Crippen molar-refractivity contribution in [1.82, 2.24) is 5.32 Å². The molecule has 3 heteroatoms. The van der Waals surface area contributed by atoms with E-state index in [4.69, 9.17) is 23.2 Å². The fraction of sp³-hybridized carbons (Fsp3) is 0.250. The van der Waals surface area contributed by atoms with Crippen LogP contribution in [-0.4, -0.2) is 7.05 Å². The molecule has 0 fully saturated rings. The van der Waals surface area contributed by atoms with E-state index < -0.39 is 0 Å². The second kappa shape index (κ2) is 6.42. The summed E-state index contributed by atoms with van der Waals surface area (Å²) in [5, 5.41) is 4.90. The number of benzene rings is 2. The van der Waals surface area contributed by atoms with E-state index in [0.29, 0.717) is 0 Å². The third-order valence-electron chi connectivity index (χ3n) is 3.26. The van der Waals surface area contributed by atoms with Crippen molar-refractivity contribution < 1.29 is 0 Å². The fourth-order valence-corrected chi connectivity index (χ4v) is 2.74. The third-order valence-corrected chi connectivity index (χ3v) is 3.96. The molecule has 0 radical (unpaired) electrons. The van der Waals surface area contributed by atoms with E-state index in [-0.39, 0.29) is 6.04 Å². The van der Waals surface area contributed by atoms with Gasteiger partial charge in [-0.15, -0.1) is 0 Å². The molecule has 100 valence electrons. The fourth-order valence-electron chi connectivity index (χ4n) is 2.16. The van der Waals surface area contributed by atoms with Crippen molar-refractivity contribution in [3.8, 4) is 0 Å². The highest BCUT2D eigenvalue weighted by Crippen LogP contribution is 2.28. The van der Waals surface area contributed by atoms with Crippen molar-refractivity contribution in [3.05, 3.63) is 69.2 Å². The van der Waals surface area contributed by atoms with Crippen LogP contribution >= 0.6 is 23.2 Å². The number of hydrogen-bond acceptors (Lipinski definition) is 1. The summed E-state index contributed by atoms with van der Waals surface area (Å²) in [5.41, 5.74) is 3.40. The van der Waals surface area contributed by atoms with Crippen molar-refractivity contribution in [2.75, 3.05) is 7.05 Å². The van der Waals surface area contributed by atoms with Crippen LogP contribution in [-0.2, 0) is 6.42 Å². The van der Waals surface area contributed by atoms with Gasteiger partial charge in [0, 0.05) is 16.1 Å². The van der Waals surface area contributed by atoms with E-state index in [1.54, 1.807) is 0 Å². The summed E-state index contributed by atoms with van der Waals surface area (Å²) in [4.78, 5) is 0. The monoisotopic (exact) mass is 293 g/mol. The van der Waals surface area contributed by atoms with Gasteiger partial charge < -0.3 is 5.32 Å². The van der Waals surface area contributed by atoms with Gasteiger partial charge >= 0.3 is 0 Å². The van der Waals surface area contributed by atoms with Gasteiger partial charge in [0.2, 0.25) is 0 Å². The summed E-state index contributed by atoms with van der Waals surface area (Å²) < 4.78 is 0. The molecule has 0 bridgehead atoms. The maximum atomic E-state index is 6.30. The largest absolute Gasteiger partial charge is 0.313 e.